The van der Waals surface area contributed by atoms with Crippen molar-refractivity contribution < 1.29 is 38.7 Å². The number of carboxylic acid groups (broad SMARTS) is 1. The number of aliphatic carboxylic acids is 1. The highest BCUT2D eigenvalue weighted by Crippen LogP contribution is 2.02. The van der Waals surface area contributed by atoms with Gasteiger partial charge in [0.25, 0.3) is 0 Å². The third-order valence-electron chi connectivity index (χ3n) is 4.68. The van der Waals surface area contributed by atoms with Crippen molar-refractivity contribution in [3.05, 3.63) is 0 Å². The molecule has 0 bridgehead atoms. The van der Waals surface area contributed by atoms with E-state index in [2.05, 4.69) is 21.3 Å². The molecule has 0 spiro atoms. The average molecular weight is 517 g/mol. The standard InChI is InChI=1S/C20H36N8O8/c1-11(22)19(35)25-8-14(29)24-9-15(30)27-13(7-17(32)33)20(36)28(2)10-16(31)26-12(18(23)34)5-3-4-6-21/h11-13H,3-10,21-22H2,1-2H3,(H2,23,34)(H,24,29)(H,25,35)(H,26,31)(H,27,30)(H,32,33)/t11-,12-,13-/m0/s1. The zero-order valence-electron chi connectivity index (χ0n) is 20.4. The van der Waals surface area contributed by atoms with Crippen LogP contribution in [-0.4, -0.2) is 103 Å². The second-order valence-electron chi connectivity index (χ2n) is 8.00. The summed E-state index contributed by atoms with van der Waals surface area (Å²) < 4.78 is 0. The van der Waals surface area contributed by atoms with E-state index in [9.17, 15) is 33.6 Å². The van der Waals surface area contributed by atoms with Crippen LogP contribution >= 0.6 is 0 Å². The minimum atomic E-state index is -1.54. The quantitative estimate of drug-likeness (QED) is 0.0853. The fraction of sp³-hybridized carbons (Fsp3) is 0.650. The number of nitrogens with two attached hydrogens (primary N) is 3. The van der Waals surface area contributed by atoms with Crippen LogP contribution in [0.1, 0.15) is 32.6 Å². The van der Waals surface area contributed by atoms with Crippen molar-refractivity contribution in [2.24, 2.45) is 17.2 Å². The fourth-order valence-electron chi connectivity index (χ4n) is 2.77. The molecule has 3 atom stereocenters. The Morgan fingerprint density at radius 3 is 2.00 bits per heavy atom. The van der Waals surface area contributed by atoms with Crippen LogP contribution in [-0.2, 0) is 33.6 Å². The summed E-state index contributed by atoms with van der Waals surface area (Å²) in [4.78, 5) is 83.8. The average Bonchev–Trinajstić information content (AvgIpc) is 2.78. The lowest BCUT2D eigenvalue weighted by molar-refractivity contribution is -0.144. The summed E-state index contributed by atoms with van der Waals surface area (Å²) in [7, 11) is 1.21. The van der Waals surface area contributed by atoms with E-state index in [1.165, 1.54) is 14.0 Å². The number of hydrogen-bond donors (Lipinski definition) is 8. The van der Waals surface area contributed by atoms with Gasteiger partial charge in [0.05, 0.1) is 32.1 Å². The lowest BCUT2D eigenvalue weighted by Crippen LogP contribution is -2.53. The smallest absolute Gasteiger partial charge is 0.305 e. The van der Waals surface area contributed by atoms with Crippen molar-refractivity contribution in [1.29, 1.82) is 0 Å². The molecule has 0 fully saturated rings. The third kappa shape index (κ3) is 13.8. The van der Waals surface area contributed by atoms with Crippen LogP contribution in [0.15, 0.2) is 0 Å². The van der Waals surface area contributed by atoms with Crippen molar-refractivity contribution in [2.45, 2.75) is 50.7 Å². The zero-order chi connectivity index (χ0) is 27.8. The minimum absolute atomic E-state index is 0.258. The van der Waals surface area contributed by atoms with E-state index in [-0.39, 0.29) is 6.42 Å². The highest BCUT2D eigenvalue weighted by atomic mass is 16.4. The molecule has 0 aromatic rings. The molecule has 16 nitrogen and oxygen atoms in total. The zero-order valence-corrected chi connectivity index (χ0v) is 20.4. The summed E-state index contributed by atoms with van der Waals surface area (Å²) in [5.74, 6) is -5.95. The first-order valence-corrected chi connectivity index (χ1v) is 11.1. The van der Waals surface area contributed by atoms with Gasteiger partial charge < -0.3 is 48.5 Å². The number of nitrogens with zero attached hydrogens (tertiary/aromatic N) is 1. The van der Waals surface area contributed by atoms with Crippen molar-refractivity contribution in [3.63, 3.8) is 0 Å². The molecule has 0 radical (unpaired) electrons. The van der Waals surface area contributed by atoms with Crippen molar-refractivity contribution in [2.75, 3.05) is 33.2 Å². The number of hydrogen-bond acceptors (Lipinski definition) is 9. The number of nitrogens with one attached hydrogen (secondary N) is 4. The monoisotopic (exact) mass is 516 g/mol. The molecule has 36 heavy (non-hydrogen) atoms. The highest BCUT2D eigenvalue weighted by Gasteiger charge is 2.28. The molecule has 16 heteroatoms. The lowest BCUT2D eigenvalue weighted by Gasteiger charge is -2.24. The van der Waals surface area contributed by atoms with Gasteiger partial charge in [-0.3, -0.25) is 33.6 Å². The summed E-state index contributed by atoms with van der Waals surface area (Å²) in [6, 6.07) is -3.34. The summed E-state index contributed by atoms with van der Waals surface area (Å²) >= 11 is 0. The molecule has 0 heterocycles. The van der Waals surface area contributed by atoms with Crippen molar-refractivity contribution >= 4 is 41.4 Å². The van der Waals surface area contributed by atoms with Crippen LogP contribution < -0.4 is 38.5 Å². The molecular weight excluding hydrogens is 480 g/mol. The number of unbranched alkanes of at least 4 members (excludes halogenated alkanes) is 1. The number of carboxylic acids is 1. The molecule has 0 aliphatic heterocycles. The summed E-state index contributed by atoms with van der Waals surface area (Å²) in [5.41, 5.74) is 16.0. The number of carbonyl (C=O) groups excluding carboxylic acids is 6. The molecule has 0 aromatic heterocycles. The first-order chi connectivity index (χ1) is 16.8. The normalized spacial score (nSPS) is 12.9. The molecule has 6 amide bonds. The molecule has 0 unspecified atom stereocenters. The Bertz CT molecular complexity index is 820. The summed E-state index contributed by atoms with van der Waals surface area (Å²) in [5, 5.41) is 18.1. The third-order valence-corrected chi connectivity index (χ3v) is 4.68. The maximum absolute atomic E-state index is 12.7. The maximum atomic E-state index is 12.7. The van der Waals surface area contributed by atoms with Crippen LogP contribution in [0, 0.1) is 0 Å². The molecule has 0 aromatic carbocycles. The Morgan fingerprint density at radius 2 is 1.47 bits per heavy atom. The molecule has 0 aliphatic carbocycles. The fourth-order valence-corrected chi connectivity index (χ4v) is 2.77. The van der Waals surface area contributed by atoms with Crippen LogP contribution in [0.25, 0.3) is 0 Å². The Balaban J connectivity index is 4.90. The number of rotatable bonds is 17. The van der Waals surface area contributed by atoms with Crippen molar-refractivity contribution in [1.82, 2.24) is 26.2 Å². The van der Waals surface area contributed by atoms with Gasteiger partial charge in [0, 0.05) is 7.05 Å². The molecule has 0 saturated carbocycles. The number of primary amides is 1. The van der Waals surface area contributed by atoms with Gasteiger partial charge in [0.15, 0.2) is 0 Å². The van der Waals surface area contributed by atoms with Gasteiger partial charge in [-0.05, 0) is 32.7 Å². The number of carbonyl (C=O) groups is 7. The van der Waals surface area contributed by atoms with Gasteiger partial charge in [-0.2, -0.15) is 0 Å². The molecule has 0 saturated heterocycles. The largest absolute Gasteiger partial charge is 0.481 e. The van der Waals surface area contributed by atoms with E-state index in [0.29, 0.717) is 19.4 Å². The van der Waals surface area contributed by atoms with Gasteiger partial charge in [-0.1, -0.05) is 0 Å². The van der Waals surface area contributed by atoms with E-state index < -0.39 is 85.6 Å². The second-order valence-corrected chi connectivity index (χ2v) is 8.00. The van der Waals surface area contributed by atoms with Crippen LogP contribution in [0.3, 0.4) is 0 Å². The van der Waals surface area contributed by atoms with Crippen LogP contribution in [0.5, 0.6) is 0 Å². The number of likely N-dealkylation sites (N-methyl/N-ethyl adjacent to an activating group) is 1. The summed E-state index contributed by atoms with van der Waals surface area (Å²) in [6.45, 7) is 0.230. The Morgan fingerprint density at radius 1 is 0.889 bits per heavy atom. The van der Waals surface area contributed by atoms with Gasteiger partial charge in [-0.15, -0.1) is 0 Å². The van der Waals surface area contributed by atoms with E-state index in [1.54, 1.807) is 0 Å². The minimum Gasteiger partial charge on any atom is -0.481 e. The van der Waals surface area contributed by atoms with E-state index in [1.807, 2.05) is 0 Å². The Kier molecular flexibility index (Phi) is 15.0. The molecular formula is C20H36N8O8. The first kappa shape index (κ1) is 32.2. The van der Waals surface area contributed by atoms with Gasteiger partial charge in [-0.25, -0.2) is 0 Å². The topological polar surface area (TPSA) is 269 Å². The van der Waals surface area contributed by atoms with E-state index >= 15 is 0 Å². The molecule has 0 rings (SSSR count). The predicted octanol–water partition coefficient (Wildman–Crippen LogP) is -4.92. The molecule has 204 valence electrons. The first-order valence-electron chi connectivity index (χ1n) is 11.1. The van der Waals surface area contributed by atoms with Crippen LogP contribution in [0.2, 0.25) is 0 Å². The molecule has 11 N–H and O–H groups in total. The Labute approximate surface area is 208 Å². The Hall–Kier alpha value is -3.79. The lowest BCUT2D eigenvalue weighted by atomic mass is 10.1. The van der Waals surface area contributed by atoms with Gasteiger partial charge in [0.2, 0.25) is 35.4 Å². The predicted molar refractivity (Wildman–Crippen MR) is 126 cm³/mol. The highest BCUT2D eigenvalue weighted by molar-refractivity contribution is 5.95. The van der Waals surface area contributed by atoms with Gasteiger partial charge >= 0.3 is 5.97 Å². The maximum Gasteiger partial charge on any atom is 0.305 e. The van der Waals surface area contributed by atoms with E-state index in [4.69, 9.17) is 22.3 Å². The second kappa shape index (κ2) is 16.8. The number of amides is 6. The molecule has 0 aliphatic rings. The van der Waals surface area contributed by atoms with E-state index in [0.717, 1.165) is 4.90 Å². The van der Waals surface area contributed by atoms with Crippen molar-refractivity contribution in [3.8, 4) is 0 Å². The SMILES string of the molecule is C[C@H](N)C(=O)NCC(=O)NCC(=O)N[C@@H](CC(=O)O)C(=O)N(C)CC(=O)N[C@@H](CCCCN)C(N)=O. The van der Waals surface area contributed by atoms with Crippen LogP contribution in [0.4, 0.5) is 0 Å². The summed E-state index contributed by atoms with van der Waals surface area (Å²) in [6.07, 6.45) is 0.629. The van der Waals surface area contributed by atoms with Gasteiger partial charge in [0.1, 0.15) is 12.1 Å².